The van der Waals surface area contributed by atoms with Crippen LogP contribution >= 0.6 is 0 Å². The maximum absolute atomic E-state index is 5.63. The van der Waals surface area contributed by atoms with Crippen LogP contribution in [0.1, 0.15) is 11.1 Å². The summed E-state index contributed by atoms with van der Waals surface area (Å²) in [7, 11) is 2.13. The molecule has 0 fully saturated rings. The van der Waals surface area contributed by atoms with Crippen molar-refractivity contribution in [2.75, 3.05) is 13.6 Å². The Balaban J connectivity index is 1.46. The van der Waals surface area contributed by atoms with Gasteiger partial charge in [-0.3, -0.25) is 4.90 Å². The van der Waals surface area contributed by atoms with Crippen LogP contribution in [0, 0.1) is 0 Å². The van der Waals surface area contributed by atoms with Gasteiger partial charge in [-0.25, -0.2) is 0 Å². The summed E-state index contributed by atoms with van der Waals surface area (Å²) in [5, 5.41) is 3.78. The van der Waals surface area contributed by atoms with E-state index in [-0.39, 0.29) is 0 Å². The van der Waals surface area contributed by atoms with Gasteiger partial charge in [0, 0.05) is 24.0 Å². The van der Waals surface area contributed by atoms with Gasteiger partial charge in [-0.2, -0.15) is 0 Å². The summed E-state index contributed by atoms with van der Waals surface area (Å²) < 4.78 is 5.63. The number of hydrogen-bond donors (Lipinski definition) is 0. The normalized spacial score (nSPS) is 11.9. The van der Waals surface area contributed by atoms with Crippen LogP contribution in [-0.2, 0) is 6.54 Å². The number of benzene rings is 3. The van der Waals surface area contributed by atoms with E-state index in [1.165, 1.54) is 27.3 Å². The number of likely N-dealkylation sites (N-methyl/N-ethyl adjacent to an activating group) is 1. The molecule has 0 aliphatic rings. The monoisotopic (exact) mass is 327 g/mol. The van der Waals surface area contributed by atoms with Crippen molar-refractivity contribution >= 4 is 27.8 Å². The molecule has 0 unspecified atom stereocenters. The second kappa shape index (κ2) is 6.96. The molecule has 0 spiro atoms. The van der Waals surface area contributed by atoms with Gasteiger partial charge in [0.05, 0.1) is 6.26 Å². The Hall–Kier alpha value is -2.84. The predicted octanol–water partition coefficient (Wildman–Crippen LogP) is 5.73. The molecule has 0 N–H and O–H groups in total. The molecule has 4 rings (SSSR count). The zero-order valence-corrected chi connectivity index (χ0v) is 14.4. The van der Waals surface area contributed by atoms with Gasteiger partial charge >= 0.3 is 0 Å². The minimum atomic E-state index is 0.872. The first-order valence-electron chi connectivity index (χ1n) is 8.59. The van der Waals surface area contributed by atoms with Crippen molar-refractivity contribution in [2.45, 2.75) is 6.54 Å². The van der Waals surface area contributed by atoms with Crippen LogP contribution in [0.2, 0.25) is 0 Å². The van der Waals surface area contributed by atoms with E-state index in [0.29, 0.717) is 0 Å². The van der Waals surface area contributed by atoms with Crippen LogP contribution in [0.4, 0.5) is 0 Å². The molecule has 0 saturated heterocycles. The SMILES string of the molecule is CN(CC=Cc1cccc2ccccc12)Cc1coc2ccccc12. The number of rotatable bonds is 5. The largest absolute Gasteiger partial charge is 0.464 e. The lowest BCUT2D eigenvalue weighted by molar-refractivity contribution is 0.363. The molecule has 0 aliphatic heterocycles. The van der Waals surface area contributed by atoms with Crippen LogP contribution in [0.15, 0.2) is 83.5 Å². The van der Waals surface area contributed by atoms with E-state index < -0.39 is 0 Å². The Labute approximate surface area is 148 Å². The average Bonchev–Trinajstić information content (AvgIpc) is 3.05. The standard InChI is InChI=1S/C23H21NO/c1-24(16-20-17-25-23-14-5-4-13-22(20)23)15-7-11-19-10-6-9-18-8-2-3-12-21(18)19/h2-14,17H,15-16H2,1H3. The Morgan fingerprint density at radius 1 is 0.880 bits per heavy atom. The van der Waals surface area contributed by atoms with Gasteiger partial charge < -0.3 is 4.42 Å². The van der Waals surface area contributed by atoms with Gasteiger partial charge in [0.2, 0.25) is 0 Å². The van der Waals surface area contributed by atoms with E-state index in [0.717, 1.165) is 18.7 Å². The molecule has 0 atom stereocenters. The molecule has 2 nitrogen and oxygen atoms in total. The first-order chi connectivity index (χ1) is 12.3. The molecule has 2 heteroatoms. The second-order valence-electron chi connectivity index (χ2n) is 6.42. The Bertz CT molecular complexity index is 1020. The fourth-order valence-corrected chi connectivity index (χ4v) is 3.27. The summed E-state index contributed by atoms with van der Waals surface area (Å²) in [6, 6.07) is 23.1. The molecular weight excluding hydrogens is 306 g/mol. The van der Waals surface area contributed by atoms with Gasteiger partial charge in [0.15, 0.2) is 0 Å². The van der Waals surface area contributed by atoms with Gasteiger partial charge in [-0.1, -0.05) is 72.8 Å². The maximum atomic E-state index is 5.63. The molecule has 0 aliphatic carbocycles. The average molecular weight is 327 g/mol. The zero-order chi connectivity index (χ0) is 17.1. The Kier molecular flexibility index (Phi) is 4.36. The van der Waals surface area contributed by atoms with Gasteiger partial charge in [-0.05, 0) is 29.4 Å². The number of fused-ring (bicyclic) bond motifs is 2. The van der Waals surface area contributed by atoms with E-state index in [1.807, 2.05) is 18.4 Å². The van der Waals surface area contributed by atoms with Crippen molar-refractivity contribution in [1.82, 2.24) is 4.90 Å². The molecule has 25 heavy (non-hydrogen) atoms. The summed E-state index contributed by atoms with van der Waals surface area (Å²) in [4.78, 5) is 2.29. The Morgan fingerprint density at radius 3 is 2.56 bits per heavy atom. The Morgan fingerprint density at radius 2 is 1.64 bits per heavy atom. The summed E-state index contributed by atoms with van der Waals surface area (Å²) >= 11 is 0. The van der Waals surface area contributed by atoms with Gasteiger partial charge in [0.25, 0.3) is 0 Å². The molecule has 124 valence electrons. The van der Waals surface area contributed by atoms with E-state index in [1.54, 1.807) is 0 Å². The van der Waals surface area contributed by atoms with E-state index >= 15 is 0 Å². The first-order valence-corrected chi connectivity index (χ1v) is 8.59. The van der Waals surface area contributed by atoms with E-state index in [9.17, 15) is 0 Å². The van der Waals surface area contributed by atoms with Crippen molar-refractivity contribution < 1.29 is 4.42 Å². The summed E-state index contributed by atoms with van der Waals surface area (Å²) in [5.41, 5.74) is 3.45. The fourth-order valence-electron chi connectivity index (χ4n) is 3.27. The lowest BCUT2D eigenvalue weighted by Crippen LogP contribution is -2.17. The second-order valence-corrected chi connectivity index (χ2v) is 6.42. The minimum absolute atomic E-state index is 0.872. The molecular formula is C23H21NO. The van der Waals surface area contributed by atoms with E-state index in [4.69, 9.17) is 4.42 Å². The maximum Gasteiger partial charge on any atom is 0.134 e. The van der Waals surface area contributed by atoms with E-state index in [2.05, 4.69) is 78.7 Å². The lowest BCUT2D eigenvalue weighted by Gasteiger charge is -2.13. The summed E-state index contributed by atoms with van der Waals surface area (Å²) in [6.07, 6.45) is 6.31. The molecule has 4 aromatic rings. The molecule has 1 aromatic heterocycles. The van der Waals surface area contributed by atoms with Crippen LogP contribution in [0.5, 0.6) is 0 Å². The van der Waals surface area contributed by atoms with Crippen LogP contribution in [0.3, 0.4) is 0 Å². The number of nitrogens with zero attached hydrogens (tertiary/aromatic N) is 1. The highest BCUT2D eigenvalue weighted by Crippen LogP contribution is 2.22. The topological polar surface area (TPSA) is 16.4 Å². The molecule has 3 aromatic carbocycles. The molecule has 1 heterocycles. The highest BCUT2D eigenvalue weighted by Gasteiger charge is 2.07. The number of hydrogen-bond acceptors (Lipinski definition) is 2. The third-order valence-corrected chi connectivity index (χ3v) is 4.54. The summed E-state index contributed by atoms with van der Waals surface area (Å²) in [5.74, 6) is 0. The van der Waals surface area contributed by atoms with Crippen LogP contribution in [-0.4, -0.2) is 18.5 Å². The zero-order valence-electron chi connectivity index (χ0n) is 14.4. The van der Waals surface area contributed by atoms with Crippen LogP contribution in [0.25, 0.3) is 27.8 Å². The van der Waals surface area contributed by atoms with Crippen molar-refractivity contribution in [2.24, 2.45) is 0 Å². The van der Waals surface area contributed by atoms with Crippen molar-refractivity contribution in [3.8, 4) is 0 Å². The quantitative estimate of drug-likeness (QED) is 0.465. The van der Waals surface area contributed by atoms with Crippen molar-refractivity contribution in [1.29, 1.82) is 0 Å². The highest BCUT2D eigenvalue weighted by atomic mass is 16.3. The fraction of sp³-hybridized carbons (Fsp3) is 0.130. The third-order valence-electron chi connectivity index (χ3n) is 4.54. The summed E-state index contributed by atoms with van der Waals surface area (Å²) in [6.45, 7) is 1.76. The smallest absolute Gasteiger partial charge is 0.134 e. The minimum Gasteiger partial charge on any atom is -0.464 e. The number of para-hydroxylation sites is 1. The number of furan rings is 1. The predicted molar refractivity (Wildman–Crippen MR) is 106 cm³/mol. The molecule has 0 bridgehead atoms. The first kappa shape index (κ1) is 15.7. The molecule has 0 amide bonds. The molecule has 0 radical (unpaired) electrons. The third kappa shape index (κ3) is 3.35. The van der Waals surface area contributed by atoms with Crippen molar-refractivity contribution in [3.63, 3.8) is 0 Å². The highest BCUT2D eigenvalue weighted by molar-refractivity contribution is 5.90. The van der Waals surface area contributed by atoms with Gasteiger partial charge in [0.1, 0.15) is 5.58 Å². The van der Waals surface area contributed by atoms with Crippen molar-refractivity contribution in [3.05, 3.63) is 90.2 Å². The molecule has 0 saturated carbocycles. The van der Waals surface area contributed by atoms with Gasteiger partial charge in [-0.15, -0.1) is 0 Å². The lowest BCUT2D eigenvalue weighted by atomic mass is 10.0. The van der Waals surface area contributed by atoms with Crippen LogP contribution < -0.4 is 0 Å².